The maximum Gasteiger partial charge on any atom is 0.326 e. The highest BCUT2D eigenvalue weighted by atomic mass is 16.5. The zero-order chi connectivity index (χ0) is 21.4. The number of para-hydroxylation sites is 1. The van der Waals surface area contributed by atoms with Crippen molar-refractivity contribution in [1.29, 1.82) is 0 Å². The maximum atomic E-state index is 12.6. The van der Waals surface area contributed by atoms with Gasteiger partial charge >= 0.3 is 5.97 Å². The van der Waals surface area contributed by atoms with Crippen molar-refractivity contribution in [1.82, 2.24) is 4.90 Å². The summed E-state index contributed by atoms with van der Waals surface area (Å²) in [7, 11) is 0. The first-order chi connectivity index (χ1) is 14.4. The van der Waals surface area contributed by atoms with Crippen molar-refractivity contribution in [3.63, 3.8) is 0 Å². The largest absolute Gasteiger partial charge is 0.454 e. The number of likely N-dealkylation sites (tertiary alicyclic amines) is 1. The first-order valence-corrected chi connectivity index (χ1v) is 10.5. The van der Waals surface area contributed by atoms with Gasteiger partial charge in [-0.15, -0.1) is 0 Å². The van der Waals surface area contributed by atoms with Gasteiger partial charge in [-0.3, -0.25) is 24.1 Å². The van der Waals surface area contributed by atoms with Gasteiger partial charge in [0, 0.05) is 5.69 Å². The molecule has 1 heterocycles. The molecule has 0 unspecified atom stereocenters. The number of nitrogens with zero attached hydrogens (tertiary/aromatic N) is 1. The number of anilines is 1. The zero-order valence-corrected chi connectivity index (χ0v) is 17.2. The van der Waals surface area contributed by atoms with E-state index in [-0.39, 0.29) is 35.5 Å². The van der Waals surface area contributed by atoms with Crippen LogP contribution in [0.15, 0.2) is 30.4 Å². The number of ether oxygens (including phenoxy) is 1. The Kier molecular flexibility index (Phi) is 5.45. The van der Waals surface area contributed by atoms with E-state index in [0.29, 0.717) is 0 Å². The van der Waals surface area contributed by atoms with Crippen LogP contribution in [0.5, 0.6) is 0 Å². The van der Waals surface area contributed by atoms with Crippen LogP contribution < -0.4 is 5.32 Å². The minimum atomic E-state index is -0.758. The molecule has 0 aromatic heterocycles. The van der Waals surface area contributed by atoms with E-state index in [0.717, 1.165) is 41.0 Å². The molecular weight excluding hydrogens is 384 g/mol. The molecule has 3 aliphatic rings. The molecule has 7 nitrogen and oxygen atoms in total. The Morgan fingerprint density at radius 3 is 2.13 bits per heavy atom. The zero-order valence-electron chi connectivity index (χ0n) is 17.2. The number of benzene rings is 1. The van der Waals surface area contributed by atoms with Gasteiger partial charge in [0.05, 0.1) is 11.8 Å². The van der Waals surface area contributed by atoms with Crippen molar-refractivity contribution in [3.8, 4) is 0 Å². The molecule has 158 valence electrons. The quantitative estimate of drug-likeness (QED) is 0.422. The second-order valence-corrected chi connectivity index (χ2v) is 8.13. The molecule has 1 N–H and O–H groups in total. The highest BCUT2D eigenvalue weighted by molar-refractivity contribution is 6.08. The van der Waals surface area contributed by atoms with E-state index >= 15 is 0 Å². The summed E-state index contributed by atoms with van der Waals surface area (Å²) in [4.78, 5) is 50.8. The van der Waals surface area contributed by atoms with Gasteiger partial charge in [0.15, 0.2) is 6.61 Å². The van der Waals surface area contributed by atoms with Crippen LogP contribution in [-0.2, 0) is 36.8 Å². The summed E-state index contributed by atoms with van der Waals surface area (Å²) in [5, 5.41) is 2.83. The summed E-state index contributed by atoms with van der Waals surface area (Å²) < 4.78 is 5.06. The maximum absolute atomic E-state index is 12.6. The van der Waals surface area contributed by atoms with Crippen LogP contribution in [0.3, 0.4) is 0 Å². The fourth-order valence-electron chi connectivity index (χ4n) is 5.02. The summed E-state index contributed by atoms with van der Waals surface area (Å²) >= 11 is 0. The highest BCUT2D eigenvalue weighted by Gasteiger charge is 2.59. The summed E-state index contributed by atoms with van der Waals surface area (Å²) in [5.41, 5.74) is 2.78. The van der Waals surface area contributed by atoms with Gasteiger partial charge in [-0.1, -0.05) is 44.2 Å². The Balaban J connectivity index is 1.32. The summed E-state index contributed by atoms with van der Waals surface area (Å²) in [6.07, 6.45) is 6.37. The number of imide groups is 1. The van der Waals surface area contributed by atoms with Gasteiger partial charge < -0.3 is 10.1 Å². The second kappa shape index (κ2) is 8.05. The van der Waals surface area contributed by atoms with Crippen LogP contribution in [0.25, 0.3) is 0 Å². The molecule has 4 atom stereocenters. The number of hydrogen-bond donors (Lipinski definition) is 1. The minimum absolute atomic E-state index is 0.0923. The molecule has 30 heavy (non-hydrogen) atoms. The van der Waals surface area contributed by atoms with Crippen molar-refractivity contribution in [2.24, 2.45) is 23.7 Å². The number of aryl methyl sites for hydroxylation is 2. The molecule has 0 spiro atoms. The molecule has 0 radical (unpaired) electrons. The Hall–Kier alpha value is -2.96. The number of nitrogens with one attached hydrogen (secondary N) is 1. The highest BCUT2D eigenvalue weighted by Crippen LogP contribution is 2.52. The van der Waals surface area contributed by atoms with Crippen LogP contribution in [0.1, 0.15) is 31.4 Å². The SMILES string of the molecule is CCc1cccc(CC)c1NC(=O)COC(=O)CN1C(=O)[C@@H]2[C@@H](C1=O)[C@H]1C=C[C@H]2C1. The van der Waals surface area contributed by atoms with Crippen molar-refractivity contribution in [2.75, 3.05) is 18.5 Å². The number of amides is 3. The van der Waals surface area contributed by atoms with E-state index in [1.165, 1.54) is 0 Å². The van der Waals surface area contributed by atoms with E-state index in [4.69, 9.17) is 4.74 Å². The number of hydrogen-bond acceptors (Lipinski definition) is 5. The number of carbonyl (C=O) groups excluding carboxylic acids is 4. The fourth-order valence-corrected chi connectivity index (χ4v) is 5.02. The van der Waals surface area contributed by atoms with Crippen LogP contribution in [0.2, 0.25) is 0 Å². The average Bonchev–Trinajstić information content (AvgIpc) is 3.42. The van der Waals surface area contributed by atoms with Gasteiger partial charge in [-0.05, 0) is 42.2 Å². The predicted molar refractivity (Wildman–Crippen MR) is 109 cm³/mol. The minimum Gasteiger partial charge on any atom is -0.454 e. The number of allylic oxidation sites excluding steroid dienone is 2. The van der Waals surface area contributed by atoms with Crippen LogP contribution >= 0.6 is 0 Å². The molecule has 1 aliphatic heterocycles. The average molecular weight is 410 g/mol. The Morgan fingerprint density at radius 1 is 1.03 bits per heavy atom. The molecule has 2 fully saturated rings. The normalized spacial score (nSPS) is 26.3. The lowest BCUT2D eigenvalue weighted by Crippen LogP contribution is -2.38. The van der Waals surface area contributed by atoms with Crippen LogP contribution in [0.4, 0.5) is 5.69 Å². The predicted octanol–water partition coefficient (Wildman–Crippen LogP) is 2.10. The number of rotatable bonds is 7. The van der Waals surface area contributed by atoms with Crippen LogP contribution in [0, 0.1) is 23.7 Å². The topological polar surface area (TPSA) is 92.8 Å². The molecule has 4 rings (SSSR count). The van der Waals surface area contributed by atoms with Gasteiger partial charge in [-0.25, -0.2) is 0 Å². The molecular formula is C23H26N2O5. The third-order valence-electron chi connectivity index (χ3n) is 6.48. The molecule has 2 bridgehead atoms. The van der Waals surface area contributed by atoms with Gasteiger partial charge in [0.25, 0.3) is 5.91 Å². The molecule has 3 amide bonds. The smallest absolute Gasteiger partial charge is 0.326 e. The number of fused-ring (bicyclic) bond motifs is 5. The van der Waals surface area contributed by atoms with Gasteiger partial charge in [-0.2, -0.15) is 0 Å². The van der Waals surface area contributed by atoms with E-state index in [2.05, 4.69) is 5.32 Å². The number of carbonyl (C=O) groups is 4. The standard InChI is InChI=1S/C23H26N2O5/c1-3-13-6-5-7-14(4-2)21(13)24-17(26)12-30-18(27)11-25-22(28)19-15-8-9-16(10-15)20(19)23(25)29/h5-9,15-16,19-20H,3-4,10-12H2,1-2H3,(H,24,26)/t15-,16-,19-,20-/m0/s1. The second-order valence-electron chi connectivity index (χ2n) is 8.13. The van der Waals surface area contributed by atoms with Crippen molar-refractivity contribution in [2.45, 2.75) is 33.1 Å². The number of esters is 1. The first-order valence-electron chi connectivity index (χ1n) is 10.5. The van der Waals surface area contributed by atoms with Crippen molar-refractivity contribution >= 4 is 29.4 Å². The van der Waals surface area contributed by atoms with E-state index in [1.54, 1.807) is 0 Å². The third-order valence-corrected chi connectivity index (χ3v) is 6.48. The molecule has 2 aliphatic carbocycles. The Labute approximate surface area is 175 Å². The summed E-state index contributed by atoms with van der Waals surface area (Å²) in [5.74, 6) is -2.31. The van der Waals surface area contributed by atoms with E-state index < -0.39 is 25.0 Å². The lowest BCUT2D eigenvalue weighted by Gasteiger charge is -2.17. The molecule has 1 aromatic rings. The Morgan fingerprint density at radius 2 is 1.60 bits per heavy atom. The fraction of sp³-hybridized carbons (Fsp3) is 0.478. The summed E-state index contributed by atoms with van der Waals surface area (Å²) in [6, 6.07) is 5.85. The van der Waals surface area contributed by atoms with Gasteiger partial charge in [0.1, 0.15) is 6.54 Å². The molecule has 1 aromatic carbocycles. The molecule has 1 saturated heterocycles. The Bertz CT molecular complexity index is 885. The first kappa shape index (κ1) is 20.3. The van der Waals surface area contributed by atoms with Crippen molar-refractivity contribution in [3.05, 3.63) is 41.5 Å². The van der Waals surface area contributed by atoms with Crippen LogP contribution in [-0.4, -0.2) is 41.7 Å². The van der Waals surface area contributed by atoms with E-state index in [1.807, 2.05) is 44.2 Å². The molecule has 1 saturated carbocycles. The molecule has 7 heteroatoms. The van der Waals surface area contributed by atoms with E-state index in [9.17, 15) is 19.2 Å². The lowest BCUT2D eigenvalue weighted by molar-refractivity contribution is -0.154. The van der Waals surface area contributed by atoms with Crippen molar-refractivity contribution < 1.29 is 23.9 Å². The van der Waals surface area contributed by atoms with Gasteiger partial charge in [0.2, 0.25) is 11.8 Å². The lowest BCUT2D eigenvalue weighted by atomic mass is 9.85. The monoisotopic (exact) mass is 410 g/mol. The third kappa shape index (κ3) is 3.42. The summed E-state index contributed by atoms with van der Waals surface area (Å²) in [6.45, 7) is 3.11.